The summed E-state index contributed by atoms with van der Waals surface area (Å²) >= 11 is 12.7. The van der Waals surface area contributed by atoms with E-state index in [4.69, 9.17) is 23.8 Å². The summed E-state index contributed by atoms with van der Waals surface area (Å²) < 4.78 is 2.23. The fraction of sp³-hybridized carbons (Fsp3) is 0.407. The summed E-state index contributed by atoms with van der Waals surface area (Å²) in [5, 5.41) is 5.00. The monoisotopic (exact) mass is 493 g/mol. The molecule has 2 atom stereocenters. The highest BCUT2D eigenvalue weighted by Gasteiger charge is 2.41. The molecule has 0 amide bonds. The zero-order chi connectivity index (χ0) is 23.8. The summed E-state index contributed by atoms with van der Waals surface area (Å²) in [5.74, 6) is 0.782. The third-order valence-corrected chi connectivity index (χ3v) is 7.72. The summed E-state index contributed by atoms with van der Waals surface area (Å²) in [4.78, 5) is 9.25. The van der Waals surface area contributed by atoms with Crippen molar-refractivity contribution in [2.45, 2.75) is 51.7 Å². The van der Waals surface area contributed by atoms with Crippen LogP contribution in [0.15, 0.2) is 61.1 Å². The second-order valence-electron chi connectivity index (χ2n) is 9.79. The Morgan fingerprint density at radius 2 is 1.91 bits per heavy atom. The van der Waals surface area contributed by atoms with Gasteiger partial charge in [0.15, 0.2) is 5.11 Å². The van der Waals surface area contributed by atoms with Crippen molar-refractivity contribution < 1.29 is 0 Å². The summed E-state index contributed by atoms with van der Waals surface area (Å²) in [5.41, 5.74) is 4.28. The van der Waals surface area contributed by atoms with Gasteiger partial charge in [-0.25, -0.2) is 0 Å². The van der Waals surface area contributed by atoms with Crippen molar-refractivity contribution in [1.29, 1.82) is 0 Å². The van der Waals surface area contributed by atoms with E-state index in [1.165, 1.54) is 18.4 Å². The number of rotatable bonds is 5. The molecular weight excluding hydrogens is 462 g/mol. The molecule has 5 nitrogen and oxygen atoms in total. The second kappa shape index (κ2) is 9.59. The molecule has 4 heterocycles. The fourth-order valence-electron chi connectivity index (χ4n) is 5.05. The molecule has 0 bridgehead atoms. The van der Waals surface area contributed by atoms with E-state index in [1.54, 1.807) is 0 Å². The minimum absolute atomic E-state index is 0.0276. The summed E-state index contributed by atoms with van der Waals surface area (Å²) in [6, 6.07) is 14.9. The molecule has 2 aliphatic rings. The van der Waals surface area contributed by atoms with E-state index in [9.17, 15) is 0 Å². The van der Waals surface area contributed by atoms with Crippen molar-refractivity contribution in [1.82, 2.24) is 14.9 Å². The van der Waals surface area contributed by atoms with Crippen LogP contribution in [-0.4, -0.2) is 27.8 Å². The van der Waals surface area contributed by atoms with E-state index in [0.29, 0.717) is 11.2 Å². The average molecular weight is 494 g/mol. The van der Waals surface area contributed by atoms with Crippen molar-refractivity contribution in [3.63, 3.8) is 0 Å². The van der Waals surface area contributed by atoms with Crippen molar-refractivity contribution in [2.24, 2.45) is 5.92 Å². The molecule has 0 radical (unpaired) electrons. The quantitative estimate of drug-likeness (QED) is 0.409. The molecule has 1 N–H and O–H groups in total. The zero-order valence-electron chi connectivity index (χ0n) is 20.0. The Bertz CT molecular complexity index is 1150. The van der Waals surface area contributed by atoms with Crippen molar-refractivity contribution in [3.8, 4) is 0 Å². The summed E-state index contributed by atoms with van der Waals surface area (Å²) in [6.07, 6.45) is 8.61. The Morgan fingerprint density at radius 1 is 1.12 bits per heavy atom. The molecular formula is C27H32ClN5S. The van der Waals surface area contributed by atoms with Gasteiger partial charge in [0.05, 0.1) is 28.5 Å². The molecule has 0 saturated carbocycles. The standard InChI is InChI=1S/C27H32ClN5S/c1-18(2)32-15-11-20(17-32)26-25(23-6-4-5-12-29-23)30-27(34)33(26)21-7-8-24(22(28)16-21)31-13-9-19(3)10-14-31/h4-8,11-12,15-19,25-26H,9-10,13-14H2,1-3H3,(H,30,34)/t25-,26+/m1/s1. The smallest absolute Gasteiger partial charge is 0.174 e. The minimum atomic E-state index is -0.0567. The Kier molecular flexibility index (Phi) is 6.54. The van der Waals surface area contributed by atoms with Crippen LogP contribution in [0.25, 0.3) is 0 Å². The van der Waals surface area contributed by atoms with Crippen molar-refractivity contribution in [3.05, 3.63) is 77.3 Å². The molecule has 178 valence electrons. The first-order valence-corrected chi connectivity index (χ1v) is 12.9. The highest BCUT2D eigenvalue weighted by molar-refractivity contribution is 7.80. The van der Waals surface area contributed by atoms with Gasteiger partial charge in [0, 0.05) is 43.4 Å². The normalized spacial score (nSPS) is 21.4. The lowest BCUT2D eigenvalue weighted by Gasteiger charge is -2.33. The van der Waals surface area contributed by atoms with Crippen LogP contribution in [0.3, 0.4) is 0 Å². The summed E-state index contributed by atoms with van der Waals surface area (Å²) in [6.45, 7) is 8.81. The minimum Gasteiger partial charge on any atom is -0.370 e. The maximum absolute atomic E-state index is 6.87. The third-order valence-electron chi connectivity index (χ3n) is 7.11. The Hall–Kier alpha value is -2.57. The molecule has 1 aromatic carbocycles. The highest BCUT2D eigenvalue weighted by Crippen LogP contribution is 2.43. The van der Waals surface area contributed by atoms with Crippen LogP contribution < -0.4 is 15.1 Å². The average Bonchev–Trinajstić information content (AvgIpc) is 3.45. The number of anilines is 2. The molecule has 2 saturated heterocycles. The molecule has 2 aromatic heterocycles. The predicted molar refractivity (Wildman–Crippen MR) is 145 cm³/mol. The SMILES string of the molecule is CC1CCN(c2ccc(N3C(=S)N[C@H](c4ccccn4)[C@@H]3c3ccn(C(C)C)c3)cc2Cl)CC1. The Balaban J connectivity index is 1.52. The van der Waals surface area contributed by atoms with Crippen molar-refractivity contribution in [2.75, 3.05) is 22.9 Å². The second-order valence-corrected chi connectivity index (χ2v) is 10.6. The number of pyridine rings is 1. The number of thiocarbonyl (C=S) groups is 1. The van der Waals surface area contributed by atoms with Gasteiger partial charge in [-0.05, 0) is 86.8 Å². The Morgan fingerprint density at radius 3 is 2.56 bits per heavy atom. The van der Waals surface area contributed by atoms with E-state index in [-0.39, 0.29) is 12.1 Å². The molecule has 5 rings (SSSR count). The number of hydrogen-bond acceptors (Lipinski definition) is 3. The van der Waals surface area contributed by atoms with Gasteiger partial charge in [0.1, 0.15) is 0 Å². The summed E-state index contributed by atoms with van der Waals surface area (Å²) in [7, 11) is 0. The Labute approximate surface area is 212 Å². The fourth-order valence-corrected chi connectivity index (χ4v) is 5.69. The van der Waals surface area contributed by atoms with Crippen LogP contribution in [0.1, 0.15) is 63.0 Å². The maximum Gasteiger partial charge on any atom is 0.174 e. The van der Waals surface area contributed by atoms with E-state index >= 15 is 0 Å². The molecule has 0 aliphatic carbocycles. The van der Waals surface area contributed by atoms with E-state index in [1.807, 2.05) is 18.3 Å². The van der Waals surface area contributed by atoms with E-state index in [2.05, 4.69) is 88.2 Å². The van der Waals surface area contributed by atoms with Gasteiger partial charge >= 0.3 is 0 Å². The first-order chi connectivity index (χ1) is 16.4. The highest BCUT2D eigenvalue weighted by atomic mass is 35.5. The number of nitrogens with zero attached hydrogens (tertiary/aromatic N) is 4. The number of aromatic nitrogens is 2. The van der Waals surface area contributed by atoms with Gasteiger partial charge < -0.3 is 19.7 Å². The zero-order valence-corrected chi connectivity index (χ0v) is 21.6. The van der Waals surface area contributed by atoms with E-state index < -0.39 is 0 Å². The van der Waals surface area contributed by atoms with Gasteiger partial charge in [0.25, 0.3) is 0 Å². The van der Waals surface area contributed by atoms with Crippen LogP contribution in [0.5, 0.6) is 0 Å². The molecule has 2 fully saturated rings. The number of piperidine rings is 1. The molecule has 0 spiro atoms. The molecule has 0 unspecified atom stereocenters. The third kappa shape index (κ3) is 4.41. The van der Waals surface area contributed by atoms with Gasteiger partial charge in [0.2, 0.25) is 0 Å². The lowest BCUT2D eigenvalue weighted by Crippen LogP contribution is -2.33. The van der Waals surface area contributed by atoms with Crippen LogP contribution in [0, 0.1) is 5.92 Å². The van der Waals surface area contributed by atoms with Gasteiger partial charge in [-0.15, -0.1) is 0 Å². The molecule has 2 aliphatic heterocycles. The largest absolute Gasteiger partial charge is 0.370 e. The number of hydrogen-bond donors (Lipinski definition) is 1. The number of halogens is 1. The van der Waals surface area contributed by atoms with Crippen LogP contribution in [0.4, 0.5) is 11.4 Å². The van der Waals surface area contributed by atoms with Gasteiger partial charge in [-0.2, -0.15) is 0 Å². The molecule has 7 heteroatoms. The van der Waals surface area contributed by atoms with Crippen LogP contribution >= 0.6 is 23.8 Å². The topological polar surface area (TPSA) is 36.3 Å². The van der Waals surface area contributed by atoms with Gasteiger partial charge in [-0.1, -0.05) is 24.6 Å². The molecule has 34 heavy (non-hydrogen) atoms. The van der Waals surface area contributed by atoms with Crippen molar-refractivity contribution >= 4 is 40.3 Å². The first-order valence-electron chi connectivity index (χ1n) is 12.1. The van der Waals surface area contributed by atoms with Gasteiger partial charge in [-0.3, -0.25) is 4.98 Å². The maximum atomic E-state index is 6.87. The van der Waals surface area contributed by atoms with Crippen LogP contribution in [0.2, 0.25) is 5.02 Å². The molecule has 3 aromatic rings. The number of nitrogens with one attached hydrogen (secondary N) is 1. The first kappa shape index (κ1) is 23.2. The number of benzene rings is 1. The lowest BCUT2D eigenvalue weighted by molar-refractivity contribution is 0.438. The predicted octanol–water partition coefficient (Wildman–Crippen LogP) is 6.53. The lowest BCUT2D eigenvalue weighted by atomic mass is 9.98. The van der Waals surface area contributed by atoms with Crippen LogP contribution in [-0.2, 0) is 0 Å². The van der Waals surface area contributed by atoms with E-state index in [0.717, 1.165) is 41.1 Å².